The Bertz CT molecular complexity index is 822. The van der Waals surface area contributed by atoms with E-state index in [1.54, 1.807) is 0 Å². The number of nitrogens with zero attached hydrogens (tertiary/aromatic N) is 3. The lowest BCUT2D eigenvalue weighted by atomic mass is 10.1. The topological polar surface area (TPSA) is 50.2 Å². The molecule has 0 atom stereocenters. The van der Waals surface area contributed by atoms with Gasteiger partial charge in [-0.1, -0.05) is 42.5 Å². The van der Waals surface area contributed by atoms with Crippen molar-refractivity contribution in [2.75, 3.05) is 24.3 Å². The molecular formula is C20H22N4O. The Morgan fingerprint density at radius 2 is 1.72 bits per heavy atom. The van der Waals surface area contributed by atoms with Crippen LogP contribution in [0.15, 0.2) is 66.9 Å². The predicted octanol–water partition coefficient (Wildman–Crippen LogP) is 3.18. The number of aromatic nitrogens is 2. The molecule has 0 fully saturated rings. The van der Waals surface area contributed by atoms with Gasteiger partial charge in [0, 0.05) is 32.0 Å². The van der Waals surface area contributed by atoms with Crippen molar-refractivity contribution in [3.8, 4) is 0 Å². The van der Waals surface area contributed by atoms with Crippen LogP contribution in [0, 0.1) is 0 Å². The van der Waals surface area contributed by atoms with Crippen LogP contribution in [-0.4, -0.2) is 29.8 Å². The second kappa shape index (κ2) is 7.66. The molecule has 1 heterocycles. The number of nitrogens with one attached hydrogen (secondary N) is 1. The van der Waals surface area contributed by atoms with Gasteiger partial charge in [0.15, 0.2) is 5.82 Å². The zero-order valence-electron chi connectivity index (χ0n) is 14.5. The van der Waals surface area contributed by atoms with Crippen molar-refractivity contribution >= 4 is 17.4 Å². The van der Waals surface area contributed by atoms with Crippen molar-refractivity contribution in [3.05, 3.63) is 78.0 Å². The summed E-state index contributed by atoms with van der Waals surface area (Å²) in [5, 5.41) is 7.26. The Morgan fingerprint density at radius 1 is 1.00 bits per heavy atom. The molecule has 0 aliphatic heterocycles. The van der Waals surface area contributed by atoms with E-state index in [9.17, 15) is 4.79 Å². The predicted molar refractivity (Wildman–Crippen MR) is 101 cm³/mol. The summed E-state index contributed by atoms with van der Waals surface area (Å²) in [6, 6.07) is 19.9. The van der Waals surface area contributed by atoms with Crippen LogP contribution >= 0.6 is 0 Å². The minimum atomic E-state index is -0.0671. The molecule has 0 bridgehead atoms. The van der Waals surface area contributed by atoms with Crippen LogP contribution in [0.5, 0.6) is 0 Å². The molecule has 5 nitrogen and oxygen atoms in total. The molecule has 0 saturated heterocycles. The maximum Gasteiger partial charge on any atom is 0.229 e. The van der Waals surface area contributed by atoms with Crippen LogP contribution in [0.4, 0.5) is 11.5 Å². The molecule has 1 N–H and O–H groups in total. The molecule has 128 valence electrons. The minimum Gasteiger partial charge on any atom is -0.378 e. The van der Waals surface area contributed by atoms with Crippen molar-refractivity contribution in [2.24, 2.45) is 0 Å². The molecule has 0 saturated carbocycles. The van der Waals surface area contributed by atoms with Crippen LogP contribution < -0.4 is 10.2 Å². The standard InChI is InChI=1S/C20H22N4O/c1-23(2)18-10-8-16(9-11-18)14-20(25)21-19-12-13-24(22-19)15-17-6-4-3-5-7-17/h3-13H,14-15H2,1-2H3,(H,21,22,25). The number of hydrogen-bond donors (Lipinski definition) is 1. The Labute approximate surface area is 147 Å². The normalized spacial score (nSPS) is 10.5. The largest absolute Gasteiger partial charge is 0.378 e. The van der Waals surface area contributed by atoms with Gasteiger partial charge >= 0.3 is 0 Å². The maximum atomic E-state index is 12.2. The summed E-state index contributed by atoms with van der Waals surface area (Å²) in [6.45, 7) is 0.683. The third-order valence-electron chi connectivity index (χ3n) is 3.91. The van der Waals surface area contributed by atoms with Crippen molar-refractivity contribution in [2.45, 2.75) is 13.0 Å². The Kier molecular flexibility index (Phi) is 5.14. The van der Waals surface area contributed by atoms with Gasteiger partial charge in [-0.05, 0) is 23.3 Å². The van der Waals surface area contributed by atoms with Crippen LogP contribution in [0.25, 0.3) is 0 Å². The van der Waals surface area contributed by atoms with Crippen LogP contribution in [0.2, 0.25) is 0 Å². The molecule has 1 amide bonds. The molecule has 3 aromatic rings. The average Bonchev–Trinajstić information content (AvgIpc) is 3.03. The summed E-state index contributed by atoms with van der Waals surface area (Å²) in [4.78, 5) is 14.2. The fourth-order valence-corrected chi connectivity index (χ4v) is 2.57. The van der Waals surface area contributed by atoms with Crippen molar-refractivity contribution in [3.63, 3.8) is 0 Å². The number of carbonyl (C=O) groups excluding carboxylic acids is 1. The molecule has 0 radical (unpaired) electrons. The van der Waals surface area contributed by atoms with Gasteiger partial charge in [-0.2, -0.15) is 5.10 Å². The molecule has 2 aromatic carbocycles. The molecule has 25 heavy (non-hydrogen) atoms. The summed E-state index contributed by atoms with van der Waals surface area (Å²) in [5.74, 6) is 0.508. The van der Waals surface area contributed by atoms with E-state index in [1.165, 1.54) is 5.56 Å². The zero-order valence-corrected chi connectivity index (χ0v) is 14.5. The average molecular weight is 334 g/mol. The minimum absolute atomic E-state index is 0.0671. The number of carbonyl (C=O) groups is 1. The van der Waals surface area contributed by atoms with Crippen LogP contribution in [0.3, 0.4) is 0 Å². The van der Waals surface area contributed by atoms with Crippen LogP contribution in [0.1, 0.15) is 11.1 Å². The second-order valence-electron chi connectivity index (χ2n) is 6.17. The van der Waals surface area contributed by atoms with Crippen molar-refractivity contribution in [1.82, 2.24) is 9.78 Å². The summed E-state index contributed by atoms with van der Waals surface area (Å²) in [6.07, 6.45) is 2.20. The Morgan fingerprint density at radius 3 is 2.40 bits per heavy atom. The van der Waals surface area contributed by atoms with E-state index in [0.29, 0.717) is 18.8 Å². The number of amides is 1. The quantitative estimate of drug-likeness (QED) is 0.753. The number of benzene rings is 2. The molecule has 5 heteroatoms. The van der Waals surface area contributed by atoms with Gasteiger partial charge < -0.3 is 10.2 Å². The fourth-order valence-electron chi connectivity index (χ4n) is 2.57. The van der Waals surface area contributed by atoms with Crippen molar-refractivity contribution < 1.29 is 4.79 Å². The van der Waals surface area contributed by atoms with Gasteiger partial charge in [0.2, 0.25) is 5.91 Å². The first kappa shape index (κ1) is 16.8. The van der Waals surface area contributed by atoms with Gasteiger partial charge in [-0.15, -0.1) is 0 Å². The highest BCUT2D eigenvalue weighted by molar-refractivity contribution is 5.91. The number of hydrogen-bond acceptors (Lipinski definition) is 3. The van der Waals surface area contributed by atoms with E-state index in [2.05, 4.69) is 22.5 Å². The first-order valence-electron chi connectivity index (χ1n) is 8.23. The summed E-state index contributed by atoms with van der Waals surface area (Å²) in [7, 11) is 3.99. The molecule has 0 aliphatic carbocycles. The van der Waals surface area contributed by atoms with Crippen LogP contribution in [-0.2, 0) is 17.8 Å². The maximum absolute atomic E-state index is 12.2. The highest BCUT2D eigenvalue weighted by Crippen LogP contribution is 2.13. The van der Waals surface area contributed by atoms with E-state index in [1.807, 2.05) is 78.4 Å². The molecular weight excluding hydrogens is 312 g/mol. The van der Waals surface area contributed by atoms with E-state index < -0.39 is 0 Å². The molecule has 0 aliphatic rings. The molecule has 3 rings (SSSR count). The highest BCUT2D eigenvalue weighted by Gasteiger charge is 2.07. The van der Waals surface area contributed by atoms with E-state index in [-0.39, 0.29) is 5.91 Å². The first-order chi connectivity index (χ1) is 12.1. The number of rotatable bonds is 6. The van der Waals surface area contributed by atoms with E-state index in [4.69, 9.17) is 0 Å². The lowest BCUT2D eigenvalue weighted by Gasteiger charge is -2.12. The third kappa shape index (κ3) is 4.70. The smallest absolute Gasteiger partial charge is 0.229 e. The van der Waals surface area contributed by atoms with E-state index in [0.717, 1.165) is 11.3 Å². The fraction of sp³-hybridized carbons (Fsp3) is 0.200. The molecule has 1 aromatic heterocycles. The number of anilines is 2. The first-order valence-corrected chi connectivity index (χ1v) is 8.23. The van der Waals surface area contributed by atoms with Crippen molar-refractivity contribution in [1.29, 1.82) is 0 Å². The second-order valence-corrected chi connectivity index (χ2v) is 6.17. The SMILES string of the molecule is CN(C)c1ccc(CC(=O)Nc2ccn(Cc3ccccc3)n2)cc1. The lowest BCUT2D eigenvalue weighted by molar-refractivity contribution is -0.115. The monoisotopic (exact) mass is 334 g/mol. The van der Waals surface area contributed by atoms with E-state index >= 15 is 0 Å². The van der Waals surface area contributed by atoms with Gasteiger partial charge in [0.05, 0.1) is 13.0 Å². The summed E-state index contributed by atoms with van der Waals surface area (Å²) < 4.78 is 1.82. The lowest BCUT2D eigenvalue weighted by Crippen LogP contribution is -2.15. The molecule has 0 unspecified atom stereocenters. The van der Waals surface area contributed by atoms with Gasteiger partial charge in [0.1, 0.15) is 0 Å². The molecule has 0 spiro atoms. The highest BCUT2D eigenvalue weighted by atomic mass is 16.1. The van der Waals surface area contributed by atoms with Gasteiger partial charge in [0.25, 0.3) is 0 Å². The summed E-state index contributed by atoms with van der Waals surface area (Å²) in [5.41, 5.74) is 3.26. The van der Waals surface area contributed by atoms with Gasteiger partial charge in [-0.3, -0.25) is 9.48 Å². The zero-order chi connectivity index (χ0) is 17.6. The van der Waals surface area contributed by atoms with Gasteiger partial charge in [-0.25, -0.2) is 0 Å². The Hall–Kier alpha value is -3.08. The summed E-state index contributed by atoms with van der Waals surface area (Å²) >= 11 is 0. The Balaban J connectivity index is 1.56. The third-order valence-corrected chi connectivity index (χ3v) is 3.91.